The van der Waals surface area contributed by atoms with Crippen LogP contribution in [0, 0.1) is 0 Å². The third-order valence-electron chi connectivity index (χ3n) is 4.59. The molecule has 0 unspecified atom stereocenters. The number of anilines is 1. The van der Waals surface area contributed by atoms with Crippen molar-refractivity contribution in [3.05, 3.63) is 71.2 Å². The molecule has 2 aromatic carbocycles. The van der Waals surface area contributed by atoms with E-state index in [0.717, 1.165) is 18.4 Å². The fourth-order valence-corrected chi connectivity index (χ4v) is 2.94. The van der Waals surface area contributed by atoms with Crippen LogP contribution < -0.4 is 10.6 Å². The number of oxazole rings is 1. The van der Waals surface area contributed by atoms with Crippen LogP contribution in [0.3, 0.4) is 0 Å². The maximum absolute atomic E-state index is 12.2. The Hall–Kier alpha value is -3.12. The maximum atomic E-state index is 12.2. The predicted molar refractivity (Wildman–Crippen MR) is 111 cm³/mol. The van der Waals surface area contributed by atoms with E-state index >= 15 is 0 Å². The van der Waals surface area contributed by atoms with Gasteiger partial charge in [-0.15, -0.1) is 0 Å². The number of rotatable bonds is 7. The van der Waals surface area contributed by atoms with Gasteiger partial charge < -0.3 is 15.1 Å². The molecular formula is C22H20ClN3O3. The molecule has 0 aliphatic heterocycles. The first kappa shape index (κ1) is 19.2. The Labute approximate surface area is 173 Å². The van der Waals surface area contributed by atoms with Crippen molar-refractivity contribution in [2.45, 2.75) is 31.7 Å². The predicted octanol–water partition coefficient (Wildman–Crippen LogP) is 4.46. The zero-order chi connectivity index (χ0) is 20.2. The summed E-state index contributed by atoms with van der Waals surface area (Å²) in [5.41, 5.74) is 2.11. The number of carbonyl (C=O) groups is 2. The average Bonchev–Trinajstić information content (AvgIpc) is 3.41. The highest BCUT2D eigenvalue weighted by molar-refractivity contribution is 6.30. The van der Waals surface area contributed by atoms with Gasteiger partial charge in [-0.3, -0.25) is 9.59 Å². The van der Waals surface area contributed by atoms with Crippen molar-refractivity contribution in [1.82, 2.24) is 10.3 Å². The standard InChI is InChI=1S/C22H20ClN3O3/c23-16-5-1-14(2-6-16)19-13-24-21(29-19)12-11-20(27)25-17-7-3-15(4-8-17)22(28)26-18-9-10-18/h1-8,13,18H,9-12H2,(H,25,27)(H,26,28). The number of halogens is 1. The van der Waals surface area contributed by atoms with E-state index in [1.807, 2.05) is 12.1 Å². The third kappa shape index (κ3) is 5.23. The molecule has 0 atom stereocenters. The SMILES string of the molecule is O=C(CCc1ncc(-c2ccc(Cl)cc2)o1)Nc1ccc(C(=O)NC2CC2)cc1. The minimum absolute atomic E-state index is 0.0780. The lowest BCUT2D eigenvalue weighted by Gasteiger charge is -2.06. The fourth-order valence-electron chi connectivity index (χ4n) is 2.82. The molecule has 29 heavy (non-hydrogen) atoms. The van der Waals surface area contributed by atoms with Gasteiger partial charge in [0.05, 0.1) is 6.20 Å². The number of nitrogens with zero attached hydrogens (tertiary/aromatic N) is 1. The second-order valence-electron chi connectivity index (χ2n) is 7.00. The van der Waals surface area contributed by atoms with E-state index in [0.29, 0.717) is 40.4 Å². The Bertz CT molecular complexity index is 1010. The Morgan fingerprint density at radius 1 is 1.07 bits per heavy atom. The monoisotopic (exact) mass is 409 g/mol. The lowest BCUT2D eigenvalue weighted by Crippen LogP contribution is -2.25. The summed E-state index contributed by atoms with van der Waals surface area (Å²) in [5.74, 6) is 0.909. The average molecular weight is 410 g/mol. The van der Waals surface area contributed by atoms with Crippen molar-refractivity contribution in [2.24, 2.45) is 0 Å². The molecule has 4 rings (SSSR count). The molecule has 148 valence electrons. The Morgan fingerprint density at radius 2 is 1.79 bits per heavy atom. The molecule has 7 heteroatoms. The molecule has 6 nitrogen and oxygen atoms in total. The fraction of sp³-hybridized carbons (Fsp3) is 0.227. The second-order valence-corrected chi connectivity index (χ2v) is 7.43. The smallest absolute Gasteiger partial charge is 0.251 e. The maximum Gasteiger partial charge on any atom is 0.251 e. The van der Waals surface area contributed by atoms with Crippen molar-refractivity contribution in [3.63, 3.8) is 0 Å². The van der Waals surface area contributed by atoms with Crippen LogP contribution in [0.2, 0.25) is 5.02 Å². The zero-order valence-electron chi connectivity index (χ0n) is 15.7. The van der Waals surface area contributed by atoms with Gasteiger partial charge in [-0.2, -0.15) is 0 Å². The van der Waals surface area contributed by atoms with Gasteiger partial charge in [0.2, 0.25) is 5.91 Å². The largest absolute Gasteiger partial charge is 0.441 e. The van der Waals surface area contributed by atoms with Crippen LogP contribution >= 0.6 is 11.6 Å². The second kappa shape index (κ2) is 8.49. The highest BCUT2D eigenvalue weighted by Gasteiger charge is 2.23. The number of amides is 2. The highest BCUT2D eigenvalue weighted by atomic mass is 35.5. The van der Waals surface area contributed by atoms with Gasteiger partial charge in [0.25, 0.3) is 5.91 Å². The topological polar surface area (TPSA) is 84.2 Å². The summed E-state index contributed by atoms with van der Waals surface area (Å²) in [6, 6.07) is 14.5. The summed E-state index contributed by atoms with van der Waals surface area (Å²) in [6.07, 6.45) is 4.37. The van der Waals surface area contributed by atoms with Gasteiger partial charge in [0.1, 0.15) is 0 Å². The van der Waals surface area contributed by atoms with E-state index in [9.17, 15) is 9.59 Å². The molecule has 1 aliphatic rings. The minimum Gasteiger partial charge on any atom is -0.441 e. The molecule has 1 fully saturated rings. The first-order valence-corrected chi connectivity index (χ1v) is 9.86. The molecule has 1 heterocycles. The summed E-state index contributed by atoms with van der Waals surface area (Å²) in [6.45, 7) is 0. The van der Waals surface area contributed by atoms with E-state index in [-0.39, 0.29) is 18.2 Å². The van der Waals surface area contributed by atoms with Crippen LogP contribution in [0.4, 0.5) is 5.69 Å². The van der Waals surface area contributed by atoms with E-state index in [2.05, 4.69) is 15.6 Å². The number of benzene rings is 2. The van der Waals surface area contributed by atoms with Crippen LogP contribution in [0.5, 0.6) is 0 Å². The Morgan fingerprint density at radius 3 is 2.48 bits per heavy atom. The van der Waals surface area contributed by atoms with Gasteiger partial charge in [-0.1, -0.05) is 11.6 Å². The van der Waals surface area contributed by atoms with Crippen molar-refractivity contribution in [3.8, 4) is 11.3 Å². The van der Waals surface area contributed by atoms with Gasteiger partial charge >= 0.3 is 0 Å². The van der Waals surface area contributed by atoms with Gasteiger partial charge in [-0.25, -0.2) is 4.98 Å². The number of hydrogen-bond donors (Lipinski definition) is 2. The molecule has 0 radical (unpaired) electrons. The number of hydrogen-bond acceptors (Lipinski definition) is 4. The summed E-state index contributed by atoms with van der Waals surface area (Å²) in [4.78, 5) is 28.4. The molecule has 0 bridgehead atoms. The molecule has 2 N–H and O–H groups in total. The Kier molecular flexibility index (Phi) is 5.62. The number of nitrogens with one attached hydrogen (secondary N) is 2. The van der Waals surface area contributed by atoms with Crippen molar-refractivity contribution >= 4 is 29.1 Å². The molecule has 0 saturated heterocycles. The molecule has 1 aromatic heterocycles. The van der Waals surface area contributed by atoms with Gasteiger partial charge in [-0.05, 0) is 61.4 Å². The van der Waals surface area contributed by atoms with E-state index in [1.54, 1.807) is 42.6 Å². The normalized spacial score (nSPS) is 13.1. The van der Waals surface area contributed by atoms with E-state index in [1.165, 1.54) is 0 Å². The van der Waals surface area contributed by atoms with E-state index in [4.69, 9.17) is 16.0 Å². The Balaban J connectivity index is 1.27. The number of aromatic nitrogens is 1. The molecular weight excluding hydrogens is 390 g/mol. The summed E-state index contributed by atoms with van der Waals surface area (Å²) in [5, 5.41) is 6.41. The molecule has 0 spiro atoms. The zero-order valence-corrected chi connectivity index (χ0v) is 16.4. The summed E-state index contributed by atoms with van der Waals surface area (Å²) >= 11 is 5.89. The molecule has 1 saturated carbocycles. The van der Waals surface area contributed by atoms with Crippen molar-refractivity contribution < 1.29 is 14.0 Å². The van der Waals surface area contributed by atoms with Gasteiger partial charge in [0, 0.05) is 40.7 Å². The van der Waals surface area contributed by atoms with Crippen LogP contribution in [0.1, 0.15) is 35.5 Å². The minimum atomic E-state index is -0.147. The van der Waals surface area contributed by atoms with Crippen LogP contribution in [0.25, 0.3) is 11.3 Å². The highest BCUT2D eigenvalue weighted by Crippen LogP contribution is 2.23. The summed E-state index contributed by atoms with van der Waals surface area (Å²) < 4.78 is 5.71. The quantitative estimate of drug-likeness (QED) is 0.603. The third-order valence-corrected chi connectivity index (χ3v) is 4.84. The number of carbonyl (C=O) groups excluding carboxylic acids is 2. The number of aryl methyl sites for hydroxylation is 1. The molecule has 2 amide bonds. The molecule has 3 aromatic rings. The van der Waals surface area contributed by atoms with Gasteiger partial charge in [0.15, 0.2) is 11.7 Å². The summed E-state index contributed by atoms with van der Waals surface area (Å²) in [7, 11) is 0. The molecule has 1 aliphatic carbocycles. The van der Waals surface area contributed by atoms with Crippen LogP contribution in [0.15, 0.2) is 59.1 Å². The first-order valence-electron chi connectivity index (χ1n) is 9.48. The first-order chi connectivity index (χ1) is 14.1. The lowest BCUT2D eigenvalue weighted by atomic mass is 10.2. The van der Waals surface area contributed by atoms with E-state index < -0.39 is 0 Å². The van der Waals surface area contributed by atoms with Crippen molar-refractivity contribution in [1.29, 1.82) is 0 Å². The van der Waals surface area contributed by atoms with Crippen LogP contribution in [-0.4, -0.2) is 22.8 Å². The van der Waals surface area contributed by atoms with Crippen LogP contribution in [-0.2, 0) is 11.2 Å². The lowest BCUT2D eigenvalue weighted by molar-refractivity contribution is -0.116. The van der Waals surface area contributed by atoms with Crippen molar-refractivity contribution in [2.75, 3.05) is 5.32 Å².